The van der Waals surface area contributed by atoms with E-state index in [9.17, 15) is 0 Å². The second kappa shape index (κ2) is 10.1. The normalized spacial score (nSPS) is 10.9. The minimum atomic E-state index is 0.277. The second-order valence-corrected chi connectivity index (χ2v) is 9.03. The maximum absolute atomic E-state index is 6.17. The summed E-state index contributed by atoms with van der Waals surface area (Å²) in [6.07, 6.45) is 1.82. The molecule has 2 aromatic heterocycles. The number of benzene rings is 2. The summed E-state index contributed by atoms with van der Waals surface area (Å²) in [6.45, 7) is 6.82. The molecule has 0 atom stereocenters. The Morgan fingerprint density at radius 3 is 2.87 bits per heavy atom. The fourth-order valence-corrected chi connectivity index (χ4v) is 4.94. The van der Waals surface area contributed by atoms with Crippen LogP contribution in [0.1, 0.15) is 17.1 Å². The van der Waals surface area contributed by atoms with Gasteiger partial charge in [0.15, 0.2) is 11.0 Å². The SMILES string of the molecule is C=CCn1c(COc2ccccc2Cl)nnc1SCc1csc(-c2cccc(C)c2)n1. The highest BCUT2D eigenvalue weighted by Crippen LogP contribution is 2.29. The molecule has 158 valence electrons. The van der Waals surface area contributed by atoms with Crippen LogP contribution < -0.4 is 4.74 Å². The highest BCUT2D eigenvalue weighted by molar-refractivity contribution is 7.98. The summed E-state index contributed by atoms with van der Waals surface area (Å²) < 4.78 is 7.84. The molecule has 31 heavy (non-hydrogen) atoms. The van der Waals surface area contributed by atoms with Gasteiger partial charge in [-0.15, -0.1) is 28.1 Å². The maximum atomic E-state index is 6.17. The van der Waals surface area contributed by atoms with Gasteiger partial charge >= 0.3 is 0 Å². The van der Waals surface area contributed by atoms with Crippen molar-refractivity contribution in [3.8, 4) is 16.3 Å². The van der Waals surface area contributed by atoms with Gasteiger partial charge in [-0.05, 0) is 25.1 Å². The molecular formula is C23H21ClN4OS2. The van der Waals surface area contributed by atoms with Crippen molar-refractivity contribution < 1.29 is 4.74 Å². The van der Waals surface area contributed by atoms with E-state index in [1.165, 1.54) is 5.56 Å². The van der Waals surface area contributed by atoms with E-state index in [1.807, 2.05) is 28.8 Å². The number of hydrogen-bond acceptors (Lipinski definition) is 6. The molecule has 0 unspecified atom stereocenters. The summed E-state index contributed by atoms with van der Waals surface area (Å²) in [5.41, 5.74) is 3.40. The van der Waals surface area contributed by atoms with Crippen LogP contribution in [0.4, 0.5) is 0 Å². The smallest absolute Gasteiger partial charge is 0.191 e. The number of rotatable bonds is 9. The lowest BCUT2D eigenvalue weighted by molar-refractivity contribution is 0.289. The number of hydrogen-bond donors (Lipinski definition) is 0. The zero-order valence-corrected chi connectivity index (χ0v) is 19.4. The van der Waals surface area contributed by atoms with Gasteiger partial charge in [0.2, 0.25) is 0 Å². The van der Waals surface area contributed by atoms with Crippen LogP contribution in [0.2, 0.25) is 5.02 Å². The Morgan fingerprint density at radius 1 is 1.19 bits per heavy atom. The molecule has 2 aromatic carbocycles. The molecule has 0 N–H and O–H groups in total. The zero-order valence-electron chi connectivity index (χ0n) is 17.0. The van der Waals surface area contributed by atoms with Gasteiger partial charge in [0.05, 0.1) is 10.7 Å². The van der Waals surface area contributed by atoms with Crippen LogP contribution in [0.15, 0.2) is 71.7 Å². The van der Waals surface area contributed by atoms with Crippen molar-refractivity contribution in [2.75, 3.05) is 0 Å². The molecule has 8 heteroatoms. The lowest BCUT2D eigenvalue weighted by atomic mass is 10.1. The second-order valence-electron chi connectivity index (χ2n) is 6.82. The molecule has 0 aliphatic carbocycles. The van der Waals surface area contributed by atoms with Crippen molar-refractivity contribution >= 4 is 34.7 Å². The molecule has 5 nitrogen and oxygen atoms in total. The van der Waals surface area contributed by atoms with Gasteiger partial charge in [-0.1, -0.05) is 65.3 Å². The standard InChI is InChI=1S/C23H21ClN4OS2/c1-3-11-28-21(13-29-20-10-5-4-9-19(20)24)26-27-23(28)31-15-18-14-30-22(25-18)17-8-6-7-16(2)12-17/h3-10,12,14H,1,11,13,15H2,2H3. The van der Waals surface area contributed by atoms with Crippen molar-refractivity contribution in [1.82, 2.24) is 19.7 Å². The lowest BCUT2D eigenvalue weighted by Crippen LogP contribution is -2.07. The third-order valence-electron chi connectivity index (χ3n) is 4.46. The third-order valence-corrected chi connectivity index (χ3v) is 6.72. The van der Waals surface area contributed by atoms with Crippen LogP contribution in [0.3, 0.4) is 0 Å². The van der Waals surface area contributed by atoms with Gasteiger partial charge < -0.3 is 4.74 Å². The summed E-state index contributed by atoms with van der Waals surface area (Å²) in [7, 11) is 0. The van der Waals surface area contributed by atoms with E-state index < -0.39 is 0 Å². The highest BCUT2D eigenvalue weighted by Gasteiger charge is 2.14. The van der Waals surface area contributed by atoms with Crippen LogP contribution in [-0.2, 0) is 18.9 Å². The topological polar surface area (TPSA) is 52.8 Å². The Morgan fingerprint density at radius 2 is 2.06 bits per heavy atom. The monoisotopic (exact) mass is 468 g/mol. The van der Waals surface area contributed by atoms with E-state index in [-0.39, 0.29) is 6.61 Å². The molecule has 0 spiro atoms. The Kier molecular flexibility index (Phi) is 7.06. The number of thioether (sulfide) groups is 1. The van der Waals surface area contributed by atoms with Crippen molar-refractivity contribution in [2.24, 2.45) is 0 Å². The number of thiazole rings is 1. The number of aromatic nitrogens is 4. The molecule has 0 aliphatic rings. The van der Waals surface area contributed by atoms with Crippen LogP contribution in [0, 0.1) is 6.92 Å². The van der Waals surface area contributed by atoms with Crippen molar-refractivity contribution in [3.05, 3.63) is 88.7 Å². The average Bonchev–Trinajstić information content (AvgIpc) is 3.39. The number of nitrogens with zero attached hydrogens (tertiary/aromatic N) is 4. The fourth-order valence-electron chi connectivity index (χ4n) is 2.97. The van der Waals surface area contributed by atoms with E-state index in [2.05, 4.69) is 53.3 Å². The minimum absolute atomic E-state index is 0.277. The van der Waals surface area contributed by atoms with Crippen molar-refractivity contribution in [2.45, 2.75) is 31.0 Å². The van der Waals surface area contributed by atoms with Gasteiger partial charge in [-0.2, -0.15) is 0 Å². The van der Waals surface area contributed by atoms with E-state index in [0.717, 1.165) is 27.2 Å². The summed E-state index contributed by atoms with van der Waals surface area (Å²) >= 11 is 9.43. The van der Waals surface area contributed by atoms with E-state index >= 15 is 0 Å². The van der Waals surface area contributed by atoms with Crippen LogP contribution in [0.25, 0.3) is 10.6 Å². The quantitative estimate of drug-likeness (QED) is 0.209. The molecule has 0 radical (unpaired) electrons. The minimum Gasteiger partial charge on any atom is -0.484 e. The van der Waals surface area contributed by atoms with Gasteiger partial charge in [-0.3, -0.25) is 4.57 Å². The molecule has 4 rings (SSSR count). The number of ether oxygens (including phenoxy) is 1. The first-order valence-electron chi connectivity index (χ1n) is 9.68. The molecule has 4 aromatic rings. The highest BCUT2D eigenvalue weighted by atomic mass is 35.5. The Balaban J connectivity index is 1.44. The van der Waals surface area contributed by atoms with Crippen LogP contribution in [-0.4, -0.2) is 19.7 Å². The van der Waals surface area contributed by atoms with Crippen LogP contribution >= 0.6 is 34.7 Å². The first kappa shape index (κ1) is 21.6. The largest absolute Gasteiger partial charge is 0.484 e. The van der Waals surface area contributed by atoms with Crippen molar-refractivity contribution in [3.63, 3.8) is 0 Å². The Bertz CT molecular complexity index is 1190. The van der Waals surface area contributed by atoms with E-state index in [4.69, 9.17) is 21.3 Å². The Hall–Kier alpha value is -2.61. The molecule has 0 bridgehead atoms. The Labute approximate surface area is 194 Å². The number of allylic oxidation sites excluding steroid dienone is 1. The maximum Gasteiger partial charge on any atom is 0.191 e. The van der Waals surface area contributed by atoms with E-state index in [0.29, 0.717) is 23.1 Å². The zero-order chi connectivity index (χ0) is 21.6. The summed E-state index contributed by atoms with van der Waals surface area (Å²) in [5.74, 6) is 2.06. The molecule has 0 amide bonds. The van der Waals surface area contributed by atoms with Crippen molar-refractivity contribution in [1.29, 1.82) is 0 Å². The van der Waals surface area contributed by atoms with Gasteiger partial charge in [0.25, 0.3) is 0 Å². The predicted octanol–water partition coefficient (Wildman–Crippen LogP) is 6.42. The van der Waals surface area contributed by atoms with Crippen LogP contribution in [0.5, 0.6) is 5.75 Å². The number of halogens is 1. The predicted molar refractivity (Wildman–Crippen MR) is 128 cm³/mol. The number of aryl methyl sites for hydroxylation is 1. The molecule has 2 heterocycles. The first-order chi connectivity index (χ1) is 15.1. The fraction of sp³-hybridized carbons (Fsp3) is 0.174. The molecule has 0 fully saturated rings. The summed E-state index contributed by atoms with van der Waals surface area (Å²) in [4.78, 5) is 4.79. The third kappa shape index (κ3) is 5.36. The molecular weight excluding hydrogens is 448 g/mol. The van der Waals surface area contributed by atoms with E-state index in [1.54, 1.807) is 29.2 Å². The van der Waals surface area contributed by atoms with Gasteiger partial charge in [-0.25, -0.2) is 4.98 Å². The van der Waals surface area contributed by atoms with Gasteiger partial charge in [0.1, 0.15) is 17.4 Å². The molecule has 0 saturated heterocycles. The summed E-state index contributed by atoms with van der Waals surface area (Å²) in [6, 6.07) is 15.8. The molecule has 0 aliphatic heterocycles. The summed E-state index contributed by atoms with van der Waals surface area (Å²) in [5, 5.41) is 13.2. The average molecular weight is 469 g/mol. The lowest BCUT2D eigenvalue weighted by Gasteiger charge is -2.09. The first-order valence-corrected chi connectivity index (χ1v) is 11.9. The molecule has 0 saturated carbocycles. The van der Waals surface area contributed by atoms with Gasteiger partial charge in [0, 0.05) is 23.2 Å². The number of para-hydroxylation sites is 1.